The maximum absolute atomic E-state index is 10.7. The van der Waals surface area contributed by atoms with Crippen LogP contribution in [0.15, 0.2) is 18.3 Å². The first-order valence-corrected chi connectivity index (χ1v) is 4.53. The van der Waals surface area contributed by atoms with Crippen molar-refractivity contribution < 1.29 is 15.0 Å². The lowest BCUT2D eigenvalue weighted by atomic mass is 10.1. The molecule has 15 heavy (non-hydrogen) atoms. The summed E-state index contributed by atoms with van der Waals surface area (Å²) in [6.07, 6.45) is 1.42. The molecule has 0 amide bonds. The van der Waals surface area contributed by atoms with Gasteiger partial charge in [0.25, 0.3) is 0 Å². The minimum absolute atomic E-state index is 0.0635. The van der Waals surface area contributed by atoms with Crippen molar-refractivity contribution in [2.45, 2.75) is 19.4 Å². The van der Waals surface area contributed by atoms with E-state index in [-0.39, 0.29) is 12.2 Å². The Bertz CT molecular complexity index is 363. The molecule has 5 nitrogen and oxygen atoms in total. The van der Waals surface area contributed by atoms with E-state index in [1.165, 1.54) is 18.3 Å². The number of rotatable bonds is 4. The standard InChI is InChI=1S/C10H14N2O3/c1-10(2,6-13)12-8-5-7(9(14)15)3-4-11-8/h3-5,13H,6H2,1-2H3,(H,11,12)(H,14,15). The highest BCUT2D eigenvalue weighted by Crippen LogP contribution is 2.13. The third-order valence-corrected chi connectivity index (χ3v) is 1.87. The average molecular weight is 210 g/mol. The van der Waals surface area contributed by atoms with Gasteiger partial charge in [0.05, 0.1) is 17.7 Å². The van der Waals surface area contributed by atoms with Crippen LogP contribution in [0.25, 0.3) is 0 Å². The van der Waals surface area contributed by atoms with E-state index in [0.29, 0.717) is 5.82 Å². The molecule has 0 bridgehead atoms. The average Bonchev–Trinajstić information content (AvgIpc) is 2.17. The lowest BCUT2D eigenvalue weighted by Gasteiger charge is -2.24. The molecule has 0 saturated heterocycles. The highest BCUT2D eigenvalue weighted by molar-refractivity contribution is 5.88. The van der Waals surface area contributed by atoms with Crippen LogP contribution in [0, 0.1) is 0 Å². The smallest absolute Gasteiger partial charge is 0.335 e. The minimum atomic E-state index is -0.998. The summed E-state index contributed by atoms with van der Waals surface area (Å²) < 4.78 is 0. The van der Waals surface area contributed by atoms with Gasteiger partial charge >= 0.3 is 5.97 Å². The molecule has 1 aromatic heterocycles. The van der Waals surface area contributed by atoms with Crippen LogP contribution in [-0.4, -0.2) is 33.3 Å². The highest BCUT2D eigenvalue weighted by Gasteiger charge is 2.16. The van der Waals surface area contributed by atoms with Crippen molar-refractivity contribution in [3.05, 3.63) is 23.9 Å². The first-order valence-electron chi connectivity index (χ1n) is 4.53. The molecule has 0 aromatic carbocycles. The Kier molecular flexibility index (Phi) is 3.26. The van der Waals surface area contributed by atoms with E-state index in [2.05, 4.69) is 10.3 Å². The summed E-state index contributed by atoms with van der Waals surface area (Å²) in [5, 5.41) is 20.7. The van der Waals surface area contributed by atoms with Crippen molar-refractivity contribution in [2.75, 3.05) is 11.9 Å². The van der Waals surface area contributed by atoms with Gasteiger partial charge in [0.1, 0.15) is 5.82 Å². The Labute approximate surface area is 87.8 Å². The quantitative estimate of drug-likeness (QED) is 0.689. The van der Waals surface area contributed by atoms with Crippen LogP contribution >= 0.6 is 0 Å². The van der Waals surface area contributed by atoms with Gasteiger partial charge in [-0.25, -0.2) is 9.78 Å². The molecular weight excluding hydrogens is 196 g/mol. The number of nitrogens with zero attached hydrogens (tertiary/aromatic N) is 1. The molecule has 0 aliphatic rings. The van der Waals surface area contributed by atoms with Crippen molar-refractivity contribution in [1.29, 1.82) is 0 Å². The van der Waals surface area contributed by atoms with Gasteiger partial charge in [0.2, 0.25) is 0 Å². The van der Waals surface area contributed by atoms with Crippen LogP contribution in [0.5, 0.6) is 0 Å². The van der Waals surface area contributed by atoms with Crippen LogP contribution in [0.4, 0.5) is 5.82 Å². The fourth-order valence-corrected chi connectivity index (χ4v) is 1.02. The summed E-state index contributed by atoms with van der Waals surface area (Å²) in [7, 11) is 0. The summed E-state index contributed by atoms with van der Waals surface area (Å²) in [5.74, 6) is -0.559. The van der Waals surface area contributed by atoms with E-state index in [9.17, 15) is 4.79 Å². The lowest BCUT2D eigenvalue weighted by Crippen LogP contribution is -2.35. The number of pyridine rings is 1. The Morgan fingerprint density at radius 2 is 2.27 bits per heavy atom. The van der Waals surface area contributed by atoms with E-state index in [1.807, 2.05) is 0 Å². The molecule has 0 spiro atoms. The third kappa shape index (κ3) is 3.21. The van der Waals surface area contributed by atoms with Crippen LogP contribution in [0.2, 0.25) is 0 Å². The number of nitrogens with one attached hydrogen (secondary N) is 1. The Morgan fingerprint density at radius 3 is 2.80 bits per heavy atom. The van der Waals surface area contributed by atoms with Gasteiger partial charge in [0.15, 0.2) is 0 Å². The van der Waals surface area contributed by atoms with Crippen LogP contribution in [-0.2, 0) is 0 Å². The molecule has 3 N–H and O–H groups in total. The van der Waals surface area contributed by atoms with Crippen molar-refractivity contribution in [3.8, 4) is 0 Å². The molecule has 0 aliphatic heterocycles. The van der Waals surface area contributed by atoms with Crippen LogP contribution < -0.4 is 5.32 Å². The van der Waals surface area contributed by atoms with Gasteiger partial charge in [-0.1, -0.05) is 0 Å². The van der Waals surface area contributed by atoms with E-state index in [0.717, 1.165) is 0 Å². The monoisotopic (exact) mass is 210 g/mol. The molecule has 0 aliphatic carbocycles. The summed E-state index contributed by atoms with van der Waals surface area (Å²) >= 11 is 0. The van der Waals surface area contributed by atoms with Gasteiger partial charge in [-0.2, -0.15) is 0 Å². The fraction of sp³-hybridized carbons (Fsp3) is 0.400. The Morgan fingerprint density at radius 1 is 1.60 bits per heavy atom. The number of aromatic carboxylic acids is 1. The molecule has 0 atom stereocenters. The van der Waals surface area contributed by atoms with E-state index < -0.39 is 11.5 Å². The predicted molar refractivity (Wildman–Crippen MR) is 56.0 cm³/mol. The lowest BCUT2D eigenvalue weighted by molar-refractivity contribution is 0.0697. The predicted octanol–water partition coefficient (Wildman–Crippen LogP) is 0.963. The second-order valence-electron chi connectivity index (χ2n) is 3.90. The third-order valence-electron chi connectivity index (χ3n) is 1.87. The zero-order valence-electron chi connectivity index (χ0n) is 8.69. The van der Waals surface area contributed by atoms with Crippen molar-refractivity contribution in [2.24, 2.45) is 0 Å². The van der Waals surface area contributed by atoms with Crippen molar-refractivity contribution in [3.63, 3.8) is 0 Å². The maximum Gasteiger partial charge on any atom is 0.335 e. The number of aromatic nitrogens is 1. The number of carboxylic acid groups (broad SMARTS) is 1. The molecule has 0 fully saturated rings. The molecular formula is C10H14N2O3. The van der Waals surface area contributed by atoms with Crippen LogP contribution in [0.3, 0.4) is 0 Å². The van der Waals surface area contributed by atoms with Crippen molar-refractivity contribution >= 4 is 11.8 Å². The summed E-state index contributed by atoms with van der Waals surface area (Å²) in [6.45, 7) is 3.52. The van der Waals surface area contributed by atoms with E-state index >= 15 is 0 Å². The highest BCUT2D eigenvalue weighted by atomic mass is 16.4. The number of hydrogen-bond donors (Lipinski definition) is 3. The normalized spacial score (nSPS) is 11.1. The zero-order valence-corrected chi connectivity index (χ0v) is 8.69. The van der Waals surface area contributed by atoms with E-state index in [1.54, 1.807) is 13.8 Å². The van der Waals surface area contributed by atoms with Gasteiger partial charge in [-0.3, -0.25) is 0 Å². The van der Waals surface area contributed by atoms with Gasteiger partial charge < -0.3 is 15.5 Å². The number of hydrogen-bond acceptors (Lipinski definition) is 4. The van der Waals surface area contributed by atoms with Crippen LogP contribution in [0.1, 0.15) is 24.2 Å². The number of anilines is 1. The Balaban J connectivity index is 2.87. The maximum atomic E-state index is 10.7. The summed E-state index contributed by atoms with van der Waals surface area (Å²) in [4.78, 5) is 14.7. The molecule has 82 valence electrons. The van der Waals surface area contributed by atoms with E-state index in [4.69, 9.17) is 10.2 Å². The molecule has 1 aromatic rings. The number of aliphatic hydroxyl groups excluding tert-OH is 1. The second kappa shape index (κ2) is 4.27. The summed E-state index contributed by atoms with van der Waals surface area (Å²) in [6, 6.07) is 2.85. The van der Waals surface area contributed by atoms with Gasteiger partial charge in [0, 0.05) is 6.20 Å². The van der Waals surface area contributed by atoms with Gasteiger partial charge in [-0.15, -0.1) is 0 Å². The minimum Gasteiger partial charge on any atom is -0.478 e. The van der Waals surface area contributed by atoms with Crippen molar-refractivity contribution in [1.82, 2.24) is 4.98 Å². The second-order valence-corrected chi connectivity index (χ2v) is 3.90. The first kappa shape index (κ1) is 11.5. The number of carbonyl (C=O) groups is 1. The Hall–Kier alpha value is -1.62. The fourth-order valence-electron chi connectivity index (χ4n) is 1.02. The number of carboxylic acids is 1. The SMILES string of the molecule is CC(C)(CO)Nc1cc(C(=O)O)ccn1. The topological polar surface area (TPSA) is 82.5 Å². The zero-order chi connectivity index (χ0) is 11.5. The summed E-state index contributed by atoms with van der Waals surface area (Å²) in [5.41, 5.74) is -0.356. The van der Waals surface area contributed by atoms with Gasteiger partial charge in [-0.05, 0) is 26.0 Å². The molecule has 0 radical (unpaired) electrons. The molecule has 1 rings (SSSR count). The number of aliphatic hydroxyl groups is 1. The molecule has 0 saturated carbocycles. The first-order chi connectivity index (χ1) is 6.94. The molecule has 0 unspecified atom stereocenters. The largest absolute Gasteiger partial charge is 0.478 e. The molecule has 1 heterocycles. The molecule has 5 heteroatoms.